The summed E-state index contributed by atoms with van der Waals surface area (Å²) >= 11 is 0. The van der Waals surface area contributed by atoms with Gasteiger partial charge >= 0.3 is 5.97 Å². The first-order chi connectivity index (χ1) is 10.0. The molecule has 0 saturated heterocycles. The van der Waals surface area contributed by atoms with Crippen LogP contribution >= 0.6 is 0 Å². The summed E-state index contributed by atoms with van der Waals surface area (Å²) in [6, 6.07) is 6.25. The van der Waals surface area contributed by atoms with Gasteiger partial charge in [0.15, 0.2) is 0 Å². The molecule has 4 heteroatoms. The highest BCUT2D eigenvalue weighted by Crippen LogP contribution is 2.16. The van der Waals surface area contributed by atoms with Crippen molar-refractivity contribution in [2.75, 3.05) is 33.4 Å². The van der Waals surface area contributed by atoms with Crippen LogP contribution in [-0.4, -0.2) is 44.2 Å². The van der Waals surface area contributed by atoms with Gasteiger partial charge in [0.2, 0.25) is 0 Å². The molecule has 0 saturated carbocycles. The number of hydrogen-bond donors (Lipinski definition) is 0. The van der Waals surface area contributed by atoms with Crippen LogP contribution in [0.15, 0.2) is 18.2 Å². The highest BCUT2D eigenvalue weighted by Gasteiger charge is 2.06. The maximum absolute atomic E-state index is 11.1. The van der Waals surface area contributed by atoms with Gasteiger partial charge in [-0.2, -0.15) is 0 Å². The fraction of sp³-hybridized carbons (Fsp3) is 0.588. The van der Waals surface area contributed by atoms with E-state index in [1.165, 1.54) is 18.2 Å². The SMILES string of the molecule is CCN(CCCOc1cc(C)cc(C)c1)CCC(=O)OC. The second kappa shape index (κ2) is 9.40. The minimum atomic E-state index is -0.153. The van der Waals surface area contributed by atoms with E-state index in [0.29, 0.717) is 13.0 Å². The summed E-state index contributed by atoms with van der Waals surface area (Å²) in [4.78, 5) is 13.4. The summed E-state index contributed by atoms with van der Waals surface area (Å²) < 4.78 is 10.5. The molecule has 1 aromatic rings. The molecule has 0 spiro atoms. The molecule has 0 fully saturated rings. The second-order valence-electron chi connectivity index (χ2n) is 5.29. The Kier molecular flexibility index (Phi) is 7.83. The first kappa shape index (κ1) is 17.5. The van der Waals surface area contributed by atoms with E-state index in [1.54, 1.807) is 0 Å². The summed E-state index contributed by atoms with van der Waals surface area (Å²) in [6.07, 6.45) is 1.39. The third-order valence-electron chi connectivity index (χ3n) is 3.39. The van der Waals surface area contributed by atoms with Crippen LogP contribution in [-0.2, 0) is 9.53 Å². The van der Waals surface area contributed by atoms with Gasteiger partial charge in [-0.25, -0.2) is 0 Å². The number of hydrogen-bond acceptors (Lipinski definition) is 4. The number of carbonyl (C=O) groups is 1. The Morgan fingerprint density at radius 1 is 1.14 bits per heavy atom. The monoisotopic (exact) mass is 293 g/mol. The smallest absolute Gasteiger partial charge is 0.306 e. The zero-order valence-electron chi connectivity index (χ0n) is 13.6. The first-order valence-electron chi connectivity index (χ1n) is 7.55. The van der Waals surface area contributed by atoms with E-state index in [0.717, 1.165) is 31.8 Å². The maximum Gasteiger partial charge on any atom is 0.306 e. The van der Waals surface area contributed by atoms with E-state index >= 15 is 0 Å². The van der Waals surface area contributed by atoms with Gasteiger partial charge in [-0.3, -0.25) is 4.79 Å². The van der Waals surface area contributed by atoms with Crippen molar-refractivity contribution in [1.82, 2.24) is 4.90 Å². The molecule has 118 valence electrons. The van der Waals surface area contributed by atoms with E-state index in [9.17, 15) is 4.79 Å². The van der Waals surface area contributed by atoms with Crippen LogP contribution in [0.2, 0.25) is 0 Å². The van der Waals surface area contributed by atoms with Gasteiger partial charge in [0.05, 0.1) is 20.1 Å². The molecule has 21 heavy (non-hydrogen) atoms. The summed E-state index contributed by atoms with van der Waals surface area (Å²) in [6.45, 7) is 9.54. The van der Waals surface area contributed by atoms with Crippen molar-refractivity contribution >= 4 is 5.97 Å². The fourth-order valence-electron chi connectivity index (χ4n) is 2.27. The molecule has 0 amide bonds. The topological polar surface area (TPSA) is 38.8 Å². The third-order valence-corrected chi connectivity index (χ3v) is 3.39. The Morgan fingerprint density at radius 3 is 2.38 bits per heavy atom. The van der Waals surface area contributed by atoms with Gasteiger partial charge in [0, 0.05) is 13.1 Å². The third kappa shape index (κ3) is 7.14. The molecule has 0 N–H and O–H groups in total. The number of methoxy groups -OCH3 is 1. The predicted octanol–water partition coefficient (Wildman–Crippen LogP) is 2.96. The quantitative estimate of drug-likeness (QED) is 0.518. The highest BCUT2D eigenvalue weighted by molar-refractivity contribution is 5.69. The molecule has 0 aliphatic heterocycles. The van der Waals surface area contributed by atoms with Crippen molar-refractivity contribution in [3.05, 3.63) is 29.3 Å². The van der Waals surface area contributed by atoms with Crippen molar-refractivity contribution in [2.45, 2.75) is 33.6 Å². The van der Waals surface area contributed by atoms with Crippen molar-refractivity contribution in [3.8, 4) is 5.75 Å². The average Bonchev–Trinajstić information content (AvgIpc) is 2.45. The van der Waals surface area contributed by atoms with Gasteiger partial charge in [-0.15, -0.1) is 0 Å². The van der Waals surface area contributed by atoms with E-state index in [-0.39, 0.29) is 5.97 Å². The largest absolute Gasteiger partial charge is 0.494 e. The van der Waals surface area contributed by atoms with Crippen molar-refractivity contribution in [2.24, 2.45) is 0 Å². The molecule has 1 rings (SSSR count). The molecule has 0 heterocycles. The van der Waals surface area contributed by atoms with Gasteiger partial charge in [-0.1, -0.05) is 13.0 Å². The van der Waals surface area contributed by atoms with Crippen molar-refractivity contribution in [3.63, 3.8) is 0 Å². The number of carbonyl (C=O) groups excluding carboxylic acids is 1. The zero-order chi connectivity index (χ0) is 15.7. The summed E-state index contributed by atoms with van der Waals surface area (Å²) in [5, 5.41) is 0. The molecule has 1 aromatic carbocycles. The van der Waals surface area contributed by atoms with Gasteiger partial charge in [0.25, 0.3) is 0 Å². The number of nitrogens with zero attached hydrogens (tertiary/aromatic N) is 1. The lowest BCUT2D eigenvalue weighted by Crippen LogP contribution is -2.28. The normalized spacial score (nSPS) is 10.7. The van der Waals surface area contributed by atoms with Crippen molar-refractivity contribution in [1.29, 1.82) is 0 Å². The van der Waals surface area contributed by atoms with Crippen LogP contribution in [0.1, 0.15) is 30.9 Å². The molecular formula is C17H27NO3. The number of esters is 1. The van der Waals surface area contributed by atoms with Crippen LogP contribution in [0.5, 0.6) is 5.75 Å². The molecule has 0 atom stereocenters. The standard InChI is InChI=1S/C17H27NO3/c1-5-18(9-7-17(19)20-4)8-6-10-21-16-12-14(2)11-15(3)13-16/h11-13H,5-10H2,1-4H3. The molecule has 0 aliphatic rings. The van der Waals surface area contributed by atoms with Crippen LogP contribution in [0, 0.1) is 13.8 Å². The van der Waals surface area contributed by atoms with Gasteiger partial charge < -0.3 is 14.4 Å². The molecule has 0 radical (unpaired) electrons. The molecule has 0 aromatic heterocycles. The van der Waals surface area contributed by atoms with Gasteiger partial charge in [-0.05, 0) is 50.1 Å². The summed E-state index contributed by atoms with van der Waals surface area (Å²) in [5.41, 5.74) is 2.44. The lowest BCUT2D eigenvalue weighted by atomic mass is 10.1. The first-order valence-corrected chi connectivity index (χ1v) is 7.55. The molecular weight excluding hydrogens is 266 g/mol. The predicted molar refractivity (Wildman–Crippen MR) is 84.8 cm³/mol. The summed E-state index contributed by atoms with van der Waals surface area (Å²) in [5.74, 6) is 0.782. The van der Waals surface area contributed by atoms with Crippen LogP contribution in [0.4, 0.5) is 0 Å². The Labute approximate surface area is 128 Å². The Morgan fingerprint density at radius 2 is 1.81 bits per heavy atom. The number of benzene rings is 1. The number of aryl methyl sites for hydroxylation is 2. The average molecular weight is 293 g/mol. The molecule has 0 aliphatic carbocycles. The lowest BCUT2D eigenvalue weighted by molar-refractivity contribution is -0.140. The Balaban J connectivity index is 2.26. The van der Waals surface area contributed by atoms with E-state index in [4.69, 9.17) is 4.74 Å². The second-order valence-corrected chi connectivity index (χ2v) is 5.29. The van der Waals surface area contributed by atoms with E-state index in [1.807, 2.05) is 0 Å². The molecule has 4 nitrogen and oxygen atoms in total. The van der Waals surface area contributed by atoms with Crippen LogP contribution < -0.4 is 4.74 Å². The number of ether oxygens (including phenoxy) is 2. The van der Waals surface area contributed by atoms with E-state index in [2.05, 4.69) is 48.6 Å². The highest BCUT2D eigenvalue weighted by atomic mass is 16.5. The lowest BCUT2D eigenvalue weighted by Gasteiger charge is -2.19. The Bertz CT molecular complexity index is 425. The fourth-order valence-corrected chi connectivity index (χ4v) is 2.27. The Hall–Kier alpha value is -1.55. The van der Waals surface area contributed by atoms with Crippen molar-refractivity contribution < 1.29 is 14.3 Å². The minimum Gasteiger partial charge on any atom is -0.494 e. The van der Waals surface area contributed by atoms with Crippen LogP contribution in [0.3, 0.4) is 0 Å². The summed E-state index contributed by atoms with van der Waals surface area (Å²) in [7, 11) is 1.43. The molecule has 0 bridgehead atoms. The zero-order valence-corrected chi connectivity index (χ0v) is 13.6. The van der Waals surface area contributed by atoms with Gasteiger partial charge in [0.1, 0.15) is 5.75 Å². The van der Waals surface area contributed by atoms with Crippen LogP contribution in [0.25, 0.3) is 0 Å². The molecule has 0 unspecified atom stereocenters. The minimum absolute atomic E-state index is 0.153. The van der Waals surface area contributed by atoms with E-state index < -0.39 is 0 Å². The number of rotatable bonds is 9. The maximum atomic E-state index is 11.1.